The van der Waals surface area contributed by atoms with E-state index in [1.165, 1.54) is 20.5 Å². The molecular weight excluding hydrogens is 320 g/mol. The Bertz CT molecular complexity index is 735. The second-order valence-corrected chi connectivity index (χ2v) is 7.77. The molecule has 0 saturated heterocycles. The summed E-state index contributed by atoms with van der Waals surface area (Å²) >= 11 is 9.43. The summed E-state index contributed by atoms with van der Waals surface area (Å²) in [5.41, 5.74) is 7.38. The van der Waals surface area contributed by atoms with Crippen molar-refractivity contribution in [3.63, 3.8) is 0 Å². The van der Waals surface area contributed by atoms with Gasteiger partial charge in [0.15, 0.2) is 0 Å². The Morgan fingerprint density at radius 2 is 2.05 bits per heavy atom. The van der Waals surface area contributed by atoms with E-state index in [0.717, 1.165) is 10.9 Å². The third-order valence-corrected chi connectivity index (χ3v) is 5.86. The van der Waals surface area contributed by atoms with Gasteiger partial charge in [0.1, 0.15) is 0 Å². The third kappa shape index (κ3) is 3.15. The van der Waals surface area contributed by atoms with E-state index in [4.69, 9.17) is 17.3 Å². The van der Waals surface area contributed by atoms with Gasteiger partial charge in [-0.15, -0.1) is 22.7 Å². The predicted octanol–water partition coefficient (Wildman–Crippen LogP) is 4.75. The highest BCUT2D eigenvalue weighted by Gasteiger charge is 2.19. The lowest BCUT2D eigenvalue weighted by Crippen LogP contribution is -2.29. The molecule has 0 aliphatic heterocycles. The Kier molecular flexibility index (Phi) is 4.62. The predicted molar refractivity (Wildman–Crippen MR) is 94.4 cm³/mol. The van der Waals surface area contributed by atoms with Crippen LogP contribution in [0.25, 0.3) is 10.1 Å². The molecular formula is C16H17ClN2S2. The highest BCUT2D eigenvalue weighted by atomic mass is 35.5. The minimum atomic E-state index is 0.224. The molecule has 2 aromatic heterocycles. The van der Waals surface area contributed by atoms with Crippen molar-refractivity contribution in [2.24, 2.45) is 5.73 Å². The molecule has 0 spiro atoms. The molecule has 2 heterocycles. The normalized spacial score (nSPS) is 13.1. The minimum absolute atomic E-state index is 0.224. The average Bonchev–Trinajstić information content (AvgIpc) is 3.07. The van der Waals surface area contributed by atoms with E-state index in [9.17, 15) is 0 Å². The maximum atomic E-state index is 6.06. The standard InChI is InChI=1S/C16H17ClN2S2/c1-19(9-11-6-7-16(17)21-11)14(8-18)13-10-20-15-5-3-2-4-12(13)15/h2-7,10,14H,8-9,18H2,1H3. The van der Waals surface area contributed by atoms with Crippen molar-refractivity contribution in [2.75, 3.05) is 13.6 Å². The number of thiophene rings is 2. The van der Waals surface area contributed by atoms with Crippen molar-refractivity contribution in [1.29, 1.82) is 0 Å². The Morgan fingerprint density at radius 3 is 2.76 bits per heavy atom. The van der Waals surface area contributed by atoms with Crippen LogP contribution >= 0.6 is 34.3 Å². The van der Waals surface area contributed by atoms with Crippen LogP contribution in [-0.4, -0.2) is 18.5 Å². The Hall–Kier alpha value is -0.910. The molecule has 1 atom stereocenters. The zero-order valence-electron chi connectivity index (χ0n) is 11.8. The van der Waals surface area contributed by atoms with Crippen LogP contribution in [0, 0.1) is 0 Å². The smallest absolute Gasteiger partial charge is 0.0931 e. The first-order valence-electron chi connectivity index (χ1n) is 6.79. The van der Waals surface area contributed by atoms with Gasteiger partial charge in [0, 0.05) is 28.7 Å². The molecule has 5 heteroatoms. The van der Waals surface area contributed by atoms with Gasteiger partial charge >= 0.3 is 0 Å². The number of hydrogen-bond acceptors (Lipinski definition) is 4. The molecule has 0 aliphatic carbocycles. The SMILES string of the molecule is CN(Cc1ccc(Cl)s1)C(CN)c1csc2ccccc12. The van der Waals surface area contributed by atoms with E-state index in [0.29, 0.717) is 6.54 Å². The van der Waals surface area contributed by atoms with Crippen molar-refractivity contribution in [2.45, 2.75) is 12.6 Å². The molecule has 1 unspecified atom stereocenters. The lowest BCUT2D eigenvalue weighted by Gasteiger charge is -2.26. The van der Waals surface area contributed by atoms with Crippen molar-refractivity contribution < 1.29 is 0 Å². The number of nitrogens with two attached hydrogens (primary N) is 1. The monoisotopic (exact) mass is 336 g/mol. The van der Waals surface area contributed by atoms with E-state index in [2.05, 4.69) is 47.7 Å². The highest BCUT2D eigenvalue weighted by molar-refractivity contribution is 7.17. The third-order valence-electron chi connectivity index (χ3n) is 3.66. The van der Waals surface area contributed by atoms with Crippen LogP contribution in [-0.2, 0) is 6.54 Å². The summed E-state index contributed by atoms with van der Waals surface area (Å²) in [5.74, 6) is 0. The number of likely N-dealkylation sites (N-methyl/N-ethyl adjacent to an activating group) is 1. The van der Waals surface area contributed by atoms with Crippen molar-refractivity contribution in [3.8, 4) is 0 Å². The second-order valence-electron chi connectivity index (χ2n) is 5.06. The molecule has 0 fully saturated rings. The van der Waals surface area contributed by atoms with Gasteiger partial charge in [-0.05, 0) is 41.6 Å². The van der Waals surface area contributed by atoms with Crippen LogP contribution in [0.5, 0.6) is 0 Å². The highest BCUT2D eigenvalue weighted by Crippen LogP contribution is 2.33. The molecule has 0 aliphatic rings. The zero-order chi connectivity index (χ0) is 14.8. The molecule has 2 nitrogen and oxygen atoms in total. The van der Waals surface area contributed by atoms with Gasteiger partial charge in [0.05, 0.1) is 4.34 Å². The molecule has 2 N–H and O–H groups in total. The second kappa shape index (κ2) is 6.46. The Labute approximate surface area is 137 Å². The maximum absolute atomic E-state index is 6.06. The minimum Gasteiger partial charge on any atom is -0.329 e. The van der Waals surface area contributed by atoms with E-state index in [1.54, 1.807) is 22.7 Å². The van der Waals surface area contributed by atoms with E-state index in [-0.39, 0.29) is 6.04 Å². The first-order valence-corrected chi connectivity index (χ1v) is 8.87. The molecule has 21 heavy (non-hydrogen) atoms. The zero-order valence-corrected chi connectivity index (χ0v) is 14.1. The van der Waals surface area contributed by atoms with Gasteiger partial charge in [0.2, 0.25) is 0 Å². The summed E-state index contributed by atoms with van der Waals surface area (Å²) in [7, 11) is 2.12. The van der Waals surface area contributed by atoms with E-state index in [1.807, 2.05) is 6.07 Å². The fourth-order valence-electron chi connectivity index (χ4n) is 2.59. The first kappa shape index (κ1) is 15.0. The summed E-state index contributed by atoms with van der Waals surface area (Å²) in [6.45, 7) is 1.47. The first-order chi connectivity index (χ1) is 10.2. The lowest BCUT2D eigenvalue weighted by atomic mass is 10.0. The number of hydrogen-bond donors (Lipinski definition) is 1. The molecule has 0 radical (unpaired) electrons. The summed E-state index contributed by atoms with van der Waals surface area (Å²) < 4.78 is 2.15. The summed E-state index contributed by atoms with van der Waals surface area (Å²) in [5, 5.41) is 3.55. The molecule has 1 aromatic carbocycles. The molecule has 0 amide bonds. The van der Waals surface area contributed by atoms with Gasteiger partial charge < -0.3 is 5.73 Å². The van der Waals surface area contributed by atoms with Crippen LogP contribution in [0.1, 0.15) is 16.5 Å². The van der Waals surface area contributed by atoms with Crippen LogP contribution in [0.2, 0.25) is 4.34 Å². The fraction of sp³-hybridized carbons (Fsp3) is 0.250. The van der Waals surface area contributed by atoms with Crippen LogP contribution in [0.4, 0.5) is 0 Å². The molecule has 0 saturated carbocycles. The quantitative estimate of drug-likeness (QED) is 0.728. The molecule has 0 bridgehead atoms. The van der Waals surface area contributed by atoms with Crippen molar-refractivity contribution in [1.82, 2.24) is 4.90 Å². The Balaban J connectivity index is 1.87. The van der Waals surface area contributed by atoms with Crippen LogP contribution in [0.15, 0.2) is 41.8 Å². The van der Waals surface area contributed by atoms with Gasteiger partial charge in [-0.1, -0.05) is 29.8 Å². The molecule has 3 rings (SSSR count). The maximum Gasteiger partial charge on any atom is 0.0931 e. The topological polar surface area (TPSA) is 29.3 Å². The van der Waals surface area contributed by atoms with E-state index < -0.39 is 0 Å². The summed E-state index contributed by atoms with van der Waals surface area (Å²) in [6.07, 6.45) is 0. The largest absolute Gasteiger partial charge is 0.329 e. The summed E-state index contributed by atoms with van der Waals surface area (Å²) in [4.78, 5) is 3.57. The molecule has 110 valence electrons. The Morgan fingerprint density at radius 1 is 1.24 bits per heavy atom. The van der Waals surface area contributed by atoms with E-state index >= 15 is 0 Å². The number of fused-ring (bicyclic) bond motifs is 1. The molecule has 3 aromatic rings. The number of rotatable bonds is 5. The van der Waals surface area contributed by atoms with Crippen molar-refractivity contribution >= 4 is 44.4 Å². The van der Waals surface area contributed by atoms with Gasteiger partial charge in [0.25, 0.3) is 0 Å². The van der Waals surface area contributed by atoms with Gasteiger partial charge in [-0.2, -0.15) is 0 Å². The lowest BCUT2D eigenvalue weighted by molar-refractivity contribution is 0.245. The van der Waals surface area contributed by atoms with Crippen LogP contribution < -0.4 is 5.73 Å². The van der Waals surface area contributed by atoms with Gasteiger partial charge in [-0.25, -0.2) is 0 Å². The fourth-order valence-corrected chi connectivity index (χ4v) is 4.75. The van der Waals surface area contributed by atoms with Gasteiger partial charge in [-0.3, -0.25) is 4.90 Å². The number of benzene rings is 1. The average molecular weight is 337 g/mol. The number of nitrogens with zero attached hydrogens (tertiary/aromatic N) is 1. The summed E-state index contributed by atoms with van der Waals surface area (Å²) in [6, 6.07) is 12.8. The van der Waals surface area contributed by atoms with Crippen LogP contribution in [0.3, 0.4) is 0 Å². The van der Waals surface area contributed by atoms with Crippen molar-refractivity contribution in [3.05, 3.63) is 56.6 Å². The number of halogens is 1.